The molecule has 0 N–H and O–H groups in total. The first kappa shape index (κ1) is 21.9. The molecule has 1 aliphatic heterocycles. The van der Waals surface area contributed by atoms with Crippen LogP contribution in [0, 0.1) is 5.92 Å². The smallest absolute Gasteiger partial charge is 0.410 e. The van der Waals surface area contributed by atoms with E-state index in [2.05, 4.69) is 6.07 Å². The first-order valence-corrected chi connectivity index (χ1v) is 10.5. The van der Waals surface area contributed by atoms with Crippen molar-refractivity contribution in [2.75, 3.05) is 33.3 Å². The van der Waals surface area contributed by atoms with Gasteiger partial charge < -0.3 is 19.3 Å². The van der Waals surface area contributed by atoms with Crippen LogP contribution in [0.5, 0.6) is 5.75 Å². The van der Waals surface area contributed by atoms with E-state index in [1.165, 1.54) is 0 Å². The lowest BCUT2D eigenvalue weighted by Crippen LogP contribution is -2.44. The van der Waals surface area contributed by atoms with E-state index in [-0.39, 0.29) is 18.6 Å². The highest BCUT2D eigenvalue weighted by Gasteiger charge is 2.26. The van der Waals surface area contributed by atoms with E-state index in [0.29, 0.717) is 31.3 Å². The third-order valence-corrected chi connectivity index (χ3v) is 5.29. The number of fused-ring (bicyclic) bond motifs is 1. The van der Waals surface area contributed by atoms with Gasteiger partial charge in [0.1, 0.15) is 11.4 Å². The van der Waals surface area contributed by atoms with E-state index in [4.69, 9.17) is 9.47 Å². The van der Waals surface area contributed by atoms with Gasteiger partial charge in [-0.2, -0.15) is 0 Å². The maximum absolute atomic E-state index is 12.5. The van der Waals surface area contributed by atoms with Crippen LogP contribution in [0.15, 0.2) is 42.5 Å². The van der Waals surface area contributed by atoms with Gasteiger partial charge in [-0.3, -0.25) is 4.79 Å². The molecular formula is C24H32N2O4. The normalized spacial score (nSPS) is 15.1. The molecule has 2 aromatic rings. The van der Waals surface area contributed by atoms with Crippen molar-refractivity contribution in [3.05, 3.63) is 42.5 Å². The molecule has 1 aliphatic rings. The summed E-state index contributed by atoms with van der Waals surface area (Å²) in [7, 11) is 1.77. The van der Waals surface area contributed by atoms with E-state index >= 15 is 0 Å². The molecule has 0 radical (unpaired) electrons. The molecule has 0 aromatic heterocycles. The fraction of sp³-hybridized carbons (Fsp3) is 0.500. The summed E-state index contributed by atoms with van der Waals surface area (Å²) in [5.74, 6) is 1.08. The summed E-state index contributed by atoms with van der Waals surface area (Å²) in [6.07, 6.45) is 1.44. The molecule has 2 amide bonds. The van der Waals surface area contributed by atoms with Gasteiger partial charge in [-0.1, -0.05) is 30.3 Å². The van der Waals surface area contributed by atoms with Crippen molar-refractivity contribution in [3.8, 4) is 5.75 Å². The highest BCUT2D eigenvalue weighted by atomic mass is 16.6. The molecule has 1 saturated heterocycles. The third kappa shape index (κ3) is 6.12. The van der Waals surface area contributed by atoms with Crippen LogP contribution >= 0.6 is 0 Å². The Balaban J connectivity index is 1.43. The second-order valence-corrected chi connectivity index (χ2v) is 8.98. The second-order valence-electron chi connectivity index (χ2n) is 8.98. The predicted molar refractivity (Wildman–Crippen MR) is 118 cm³/mol. The zero-order valence-corrected chi connectivity index (χ0v) is 18.4. The van der Waals surface area contributed by atoms with Crippen molar-refractivity contribution < 1.29 is 19.1 Å². The molecule has 6 heteroatoms. The molecule has 6 nitrogen and oxygen atoms in total. The summed E-state index contributed by atoms with van der Waals surface area (Å²) in [6.45, 7) is 7.65. The van der Waals surface area contributed by atoms with Gasteiger partial charge in [0.15, 0.2) is 6.61 Å². The average molecular weight is 413 g/mol. The number of piperidine rings is 1. The van der Waals surface area contributed by atoms with Gasteiger partial charge in [0.25, 0.3) is 5.91 Å². The number of ether oxygens (including phenoxy) is 2. The van der Waals surface area contributed by atoms with Crippen LogP contribution in [0.3, 0.4) is 0 Å². The Morgan fingerprint density at radius 2 is 1.73 bits per heavy atom. The summed E-state index contributed by atoms with van der Waals surface area (Å²) >= 11 is 0. The molecule has 162 valence electrons. The van der Waals surface area contributed by atoms with Gasteiger partial charge in [0.2, 0.25) is 0 Å². The van der Waals surface area contributed by atoms with Crippen molar-refractivity contribution in [2.24, 2.45) is 5.92 Å². The van der Waals surface area contributed by atoms with Crippen LogP contribution in [0.2, 0.25) is 0 Å². The fourth-order valence-corrected chi connectivity index (χ4v) is 3.66. The Labute approximate surface area is 178 Å². The summed E-state index contributed by atoms with van der Waals surface area (Å²) in [6, 6.07) is 13.9. The number of amides is 2. The molecule has 1 fully saturated rings. The van der Waals surface area contributed by atoms with Crippen molar-refractivity contribution in [3.63, 3.8) is 0 Å². The van der Waals surface area contributed by atoms with Gasteiger partial charge in [0, 0.05) is 26.7 Å². The SMILES string of the molecule is CN(CC1CCN(C(=O)COc2ccc3ccccc3c2)CC1)C(=O)OC(C)(C)C. The Kier molecular flexibility index (Phi) is 6.85. The second kappa shape index (κ2) is 9.37. The van der Waals surface area contributed by atoms with Crippen molar-refractivity contribution in [1.29, 1.82) is 0 Å². The number of benzene rings is 2. The van der Waals surface area contributed by atoms with Crippen molar-refractivity contribution >= 4 is 22.8 Å². The molecule has 0 unspecified atom stereocenters. The summed E-state index contributed by atoms with van der Waals surface area (Å²) in [5.41, 5.74) is -0.494. The molecule has 0 aliphatic carbocycles. The van der Waals surface area contributed by atoms with E-state index in [1.807, 2.05) is 62.1 Å². The first-order valence-electron chi connectivity index (χ1n) is 10.5. The van der Waals surface area contributed by atoms with Crippen LogP contribution in [0.4, 0.5) is 4.79 Å². The molecule has 0 atom stereocenters. The van der Waals surface area contributed by atoms with E-state index in [0.717, 1.165) is 23.6 Å². The summed E-state index contributed by atoms with van der Waals surface area (Å²) in [5, 5.41) is 2.24. The third-order valence-electron chi connectivity index (χ3n) is 5.29. The number of carbonyl (C=O) groups is 2. The summed E-state index contributed by atoms with van der Waals surface area (Å²) < 4.78 is 11.1. The number of carbonyl (C=O) groups excluding carboxylic acids is 2. The number of nitrogens with zero attached hydrogens (tertiary/aromatic N) is 2. The number of hydrogen-bond acceptors (Lipinski definition) is 4. The maximum Gasteiger partial charge on any atom is 0.410 e. The lowest BCUT2D eigenvalue weighted by Gasteiger charge is -2.34. The van der Waals surface area contributed by atoms with Crippen LogP contribution in [0.25, 0.3) is 10.8 Å². The minimum Gasteiger partial charge on any atom is -0.484 e. The van der Waals surface area contributed by atoms with Crippen LogP contribution in [-0.2, 0) is 9.53 Å². The molecule has 1 heterocycles. The van der Waals surface area contributed by atoms with Crippen molar-refractivity contribution in [2.45, 2.75) is 39.2 Å². The Morgan fingerprint density at radius 1 is 1.07 bits per heavy atom. The Morgan fingerprint density at radius 3 is 2.40 bits per heavy atom. The molecule has 0 spiro atoms. The van der Waals surface area contributed by atoms with Gasteiger partial charge in [-0.05, 0) is 62.4 Å². The summed E-state index contributed by atoms with van der Waals surface area (Å²) in [4.78, 5) is 28.2. The van der Waals surface area contributed by atoms with E-state index < -0.39 is 5.60 Å². The first-order chi connectivity index (χ1) is 14.2. The minimum atomic E-state index is -0.494. The zero-order chi connectivity index (χ0) is 21.7. The maximum atomic E-state index is 12.5. The van der Waals surface area contributed by atoms with Gasteiger partial charge in [0.05, 0.1) is 0 Å². The molecule has 0 saturated carbocycles. The highest BCUT2D eigenvalue weighted by molar-refractivity contribution is 5.84. The fourth-order valence-electron chi connectivity index (χ4n) is 3.66. The lowest BCUT2D eigenvalue weighted by molar-refractivity contribution is -0.134. The Hall–Kier alpha value is -2.76. The molecular weight excluding hydrogens is 380 g/mol. The van der Waals surface area contributed by atoms with E-state index in [9.17, 15) is 9.59 Å². The molecule has 0 bridgehead atoms. The van der Waals surface area contributed by atoms with Gasteiger partial charge in [-0.25, -0.2) is 4.79 Å². The quantitative estimate of drug-likeness (QED) is 0.734. The van der Waals surface area contributed by atoms with E-state index in [1.54, 1.807) is 11.9 Å². The Bertz CT molecular complexity index is 882. The highest BCUT2D eigenvalue weighted by Crippen LogP contribution is 2.22. The topological polar surface area (TPSA) is 59.1 Å². The van der Waals surface area contributed by atoms with Crippen LogP contribution in [-0.4, -0.2) is 60.7 Å². The van der Waals surface area contributed by atoms with Gasteiger partial charge >= 0.3 is 6.09 Å². The minimum absolute atomic E-state index is 0.00195. The number of hydrogen-bond donors (Lipinski definition) is 0. The standard InChI is InChI=1S/C24H32N2O4/c1-24(2,3)30-23(28)25(4)16-18-11-13-26(14-12-18)22(27)17-29-21-10-9-19-7-5-6-8-20(19)15-21/h5-10,15,18H,11-14,16-17H2,1-4H3. The molecule has 3 rings (SSSR count). The van der Waals surface area contributed by atoms with Crippen LogP contribution in [0.1, 0.15) is 33.6 Å². The number of rotatable bonds is 5. The zero-order valence-electron chi connectivity index (χ0n) is 18.4. The van der Waals surface area contributed by atoms with Crippen LogP contribution < -0.4 is 4.74 Å². The lowest BCUT2D eigenvalue weighted by atomic mass is 9.96. The average Bonchev–Trinajstić information content (AvgIpc) is 2.71. The largest absolute Gasteiger partial charge is 0.484 e. The molecule has 30 heavy (non-hydrogen) atoms. The van der Waals surface area contributed by atoms with Gasteiger partial charge in [-0.15, -0.1) is 0 Å². The van der Waals surface area contributed by atoms with Crippen molar-refractivity contribution in [1.82, 2.24) is 9.80 Å². The molecule has 2 aromatic carbocycles. The number of likely N-dealkylation sites (tertiary alicyclic amines) is 1. The predicted octanol–water partition coefficient (Wildman–Crippen LogP) is 4.32. The monoisotopic (exact) mass is 412 g/mol.